The second-order valence-electron chi connectivity index (χ2n) is 23.2. The van der Waals surface area contributed by atoms with Crippen molar-refractivity contribution >= 4 is 49.8 Å². The minimum atomic E-state index is -0.216. The van der Waals surface area contributed by atoms with Crippen LogP contribution in [0, 0.1) is 82.0 Å². The molecule has 11 nitrogen and oxygen atoms in total. The molecule has 0 saturated heterocycles. The van der Waals surface area contributed by atoms with Crippen molar-refractivity contribution in [2.45, 2.75) is 169 Å². The molecule has 5 heterocycles. The van der Waals surface area contributed by atoms with Crippen LogP contribution >= 0.6 is 0 Å². The predicted molar refractivity (Wildman–Crippen MR) is 325 cm³/mol. The fourth-order valence-corrected chi connectivity index (χ4v) is 12.8. The average Bonchev–Trinajstić information content (AvgIpc) is 4.39. The summed E-state index contributed by atoms with van der Waals surface area (Å²) < 4.78 is 7.08. The van der Waals surface area contributed by atoms with Crippen LogP contribution in [0.3, 0.4) is 0 Å². The van der Waals surface area contributed by atoms with Crippen molar-refractivity contribution in [2.24, 2.45) is 0 Å². The van der Waals surface area contributed by atoms with Gasteiger partial charge in [-0.25, -0.2) is 14.5 Å². The number of aromatic nitrogens is 5. The highest BCUT2D eigenvalue weighted by Gasteiger charge is 2.29. The summed E-state index contributed by atoms with van der Waals surface area (Å²) in [5, 5.41) is 33.2. The number of aryl methyl sites for hydroxylation is 6. The summed E-state index contributed by atoms with van der Waals surface area (Å²) in [6, 6.07) is 20.1. The number of benzene rings is 4. The van der Waals surface area contributed by atoms with Crippen LogP contribution in [-0.4, -0.2) is 57.3 Å². The molecule has 11 heteroatoms. The van der Waals surface area contributed by atoms with Crippen molar-refractivity contribution < 1.29 is 15.3 Å². The van der Waals surface area contributed by atoms with E-state index >= 15 is 0 Å². The van der Waals surface area contributed by atoms with Gasteiger partial charge in [-0.05, 0) is 241 Å². The first kappa shape index (κ1) is 55.5. The minimum absolute atomic E-state index is 0.156. The molecule has 0 bridgehead atoms. The van der Waals surface area contributed by atoms with Gasteiger partial charge in [0.15, 0.2) is 17.1 Å². The predicted octanol–water partition coefficient (Wildman–Crippen LogP) is 17.2. The highest BCUT2D eigenvalue weighted by atomic mass is 16.3. The van der Waals surface area contributed by atoms with Crippen molar-refractivity contribution in [2.75, 3.05) is 0 Å². The molecule has 4 aromatic carbocycles. The molecule has 3 saturated carbocycles. The fraction of sp³-hybridized carbons (Fsp3) is 0.377. The fourth-order valence-electron chi connectivity index (χ4n) is 12.8. The molecule has 2 atom stereocenters. The quantitative estimate of drug-likeness (QED) is 0.144. The topological polar surface area (TPSA) is 114 Å². The van der Waals surface area contributed by atoms with Crippen LogP contribution in [0.25, 0.3) is 80.6 Å². The van der Waals surface area contributed by atoms with Crippen LogP contribution in [0.1, 0.15) is 139 Å². The molecule has 0 radical (unpaired) electrons. The molecule has 0 amide bonds. The first-order valence-corrected chi connectivity index (χ1v) is 28.5. The maximum atomic E-state index is 10.0. The van der Waals surface area contributed by atoms with Gasteiger partial charge in [-0.2, -0.15) is 0 Å². The maximum absolute atomic E-state index is 10.0. The Labute approximate surface area is 471 Å². The third-order valence-corrected chi connectivity index (χ3v) is 18.1. The molecule has 80 heavy (non-hydrogen) atoms. The molecular formula is C69H74N8O3. The van der Waals surface area contributed by atoms with E-state index < -0.39 is 0 Å². The standard InChI is InChI=1S/C24H26N2O.C23H25N3O.C22H23N3O/c1-15-6-5-7-20(17(15)3)22-14-26(18-8-10-19(27)11-9-18)24-12-16(2)23(25-4)13-21(22)24;1-14-9-23-19(10-22(14)24-4)21(20-12-25-11-15(2)16(20)3)13-26(23)17-5-7-18(27)8-6-17;1-13-7-22-18(9-21(13)23-4)20(19-11-24-10-14(2)15(19)3)12-25(22)16-5-6-17(26)8-16/h5-7,12-14,18-19,27H,8-11H2,1-3H3;9-13,17-18,27H,5-8H2,1-3H3;7,9-12,16-17,26H,5-6,8H2,1-3H3/t;;16-,17-/m..1/s1. The first-order chi connectivity index (χ1) is 38.5. The monoisotopic (exact) mass is 1060 g/mol. The van der Waals surface area contributed by atoms with Crippen molar-refractivity contribution in [1.82, 2.24) is 23.7 Å². The van der Waals surface area contributed by atoms with E-state index in [9.17, 15) is 15.3 Å². The second kappa shape index (κ2) is 23.1. The van der Waals surface area contributed by atoms with E-state index in [2.05, 4.69) is 141 Å². The molecule has 3 aliphatic rings. The number of nitrogens with zero attached hydrogens (tertiary/aromatic N) is 8. The van der Waals surface area contributed by atoms with E-state index in [1.165, 1.54) is 50.0 Å². The number of hydrogen-bond donors (Lipinski definition) is 3. The Morgan fingerprint density at radius 1 is 0.388 bits per heavy atom. The minimum Gasteiger partial charge on any atom is -0.393 e. The van der Waals surface area contributed by atoms with Crippen LogP contribution in [-0.2, 0) is 0 Å². The van der Waals surface area contributed by atoms with Gasteiger partial charge in [0, 0.05) is 106 Å². The zero-order valence-corrected chi connectivity index (χ0v) is 47.9. The lowest BCUT2D eigenvalue weighted by Crippen LogP contribution is -2.20. The van der Waals surface area contributed by atoms with E-state index in [0.29, 0.717) is 29.5 Å². The molecule has 5 aromatic heterocycles. The molecule has 12 rings (SSSR count). The third kappa shape index (κ3) is 10.7. The lowest BCUT2D eigenvalue weighted by Gasteiger charge is -2.27. The van der Waals surface area contributed by atoms with Crippen LogP contribution in [0.5, 0.6) is 0 Å². The molecular weight excluding hydrogens is 989 g/mol. The number of pyridine rings is 2. The Bertz CT molecular complexity index is 3780. The molecule has 0 unspecified atom stereocenters. The largest absolute Gasteiger partial charge is 0.393 e. The summed E-state index contributed by atoms with van der Waals surface area (Å²) in [6.07, 6.45) is 23.8. The SMILES string of the molecule is [C-]#[N+]c1cc2c(-c3cccc(C)c3C)cn(C3CCC(O)CC3)c2cc1C.[C-]#[N+]c1cc2c(-c3cncc(C)c3C)cn(C3CCC(O)CC3)c2cc1C.[C-]#[N+]c1cc2c(-c3cncc(C)c3C)cn([C@@H]3CC[C@@H](O)C3)c2cc1C. The van der Waals surface area contributed by atoms with Gasteiger partial charge in [-0.3, -0.25) is 9.97 Å². The smallest absolute Gasteiger partial charge is 0.190 e. The van der Waals surface area contributed by atoms with Gasteiger partial charge >= 0.3 is 0 Å². The second-order valence-corrected chi connectivity index (χ2v) is 23.2. The van der Waals surface area contributed by atoms with Crippen molar-refractivity contribution in [3.8, 4) is 33.4 Å². The van der Waals surface area contributed by atoms with Gasteiger partial charge in [0.1, 0.15) is 0 Å². The highest BCUT2D eigenvalue weighted by molar-refractivity contribution is 6.02. The third-order valence-electron chi connectivity index (χ3n) is 18.1. The summed E-state index contributed by atoms with van der Waals surface area (Å²) in [6.45, 7) is 41.3. The number of aliphatic hydroxyl groups is 3. The number of fused-ring (bicyclic) bond motifs is 3. The zero-order valence-electron chi connectivity index (χ0n) is 47.9. The Hall–Kier alpha value is -7.85. The molecule has 3 N–H and O–H groups in total. The van der Waals surface area contributed by atoms with Gasteiger partial charge in [-0.15, -0.1) is 0 Å². The van der Waals surface area contributed by atoms with Crippen LogP contribution in [0.15, 0.2) is 98.0 Å². The van der Waals surface area contributed by atoms with Crippen molar-refractivity contribution in [3.63, 3.8) is 0 Å². The Morgan fingerprint density at radius 3 is 1.11 bits per heavy atom. The van der Waals surface area contributed by atoms with Gasteiger partial charge < -0.3 is 29.0 Å². The van der Waals surface area contributed by atoms with Crippen LogP contribution in [0.4, 0.5) is 17.1 Å². The van der Waals surface area contributed by atoms with E-state index in [1.54, 1.807) is 0 Å². The summed E-state index contributed by atoms with van der Waals surface area (Å²) in [5.41, 5.74) is 23.0. The van der Waals surface area contributed by atoms with Crippen molar-refractivity contribution in [1.29, 1.82) is 0 Å². The van der Waals surface area contributed by atoms with E-state index in [1.807, 2.05) is 57.7 Å². The average molecular weight is 1060 g/mol. The van der Waals surface area contributed by atoms with E-state index in [4.69, 9.17) is 19.7 Å². The summed E-state index contributed by atoms with van der Waals surface area (Å²) in [7, 11) is 0. The van der Waals surface area contributed by atoms with E-state index in [0.717, 1.165) is 142 Å². The Morgan fingerprint density at radius 2 is 0.738 bits per heavy atom. The maximum Gasteiger partial charge on any atom is 0.190 e. The number of hydrogen-bond acceptors (Lipinski definition) is 5. The molecule has 408 valence electrons. The first-order valence-electron chi connectivity index (χ1n) is 28.5. The van der Waals surface area contributed by atoms with Crippen LogP contribution in [0.2, 0.25) is 0 Å². The molecule has 9 aromatic rings. The lowest BCUT2D eigenvalue weighted by atomic mass is 9.93. The zero-order chi connectivity index (χ0) is 56.7. The van der Waals surface area contributed by atoms with Crippen molar-refractivity contribution in [3.05, 3.63) is 182 Å². The summed E-state index contributed by atoms with van der Waals surface area (Å²) in [4.78, 5) is 20.0. The highest BCUT2D eigenvalue weighted by Crippen LogP contribution is 2.45. The summed E-state index contributed by atoms with van der Waals surface area (Å²) >= 11 is 0. The Balaban J connectivity index is 0.000000135. The normalized spacial score (nSPS) is 19.9. The molecule has 0 spiro atoms. The Kier molecular flexibility index (Phi) is 16.0. The molecule has 3 fully saturated rings. The van der Waals surface area contributed by atoms with Gasteiger partial charge in [0.2, 0.25) is 0 Å². The lowest BCUT2D eigenvalue weighted by molar-refractivity contribution is 0.111. The van der Waals surface area contributed by atoms with Gasteiger partial charge in [0.05, 0.1) is 38.0 Å². The van der Waals surface area contributed by atoms with Gasteiger partial charge in [-0.1, -0.05) is 18.2 Å². The summed E-state index contributed by atoms with van der Waals surface area (Å²) in [5.74, 6) is 0. The molecule has 3 aliphatic carbocycles. The number of aliphatic hydroxyl groups excluding tert-OH is 3. The van der Waals surface area contributed by atoms with Crippen LogP contribution < -0.4 is 0 Å². The van der Waals surface area contributed by atoms with Gasteiger partial charge in [0.25, 0.3) is 0 Å². The van der Waals surface area contributed by atoms with E-state index in [-0.39, 0.29) is 18.3 Å². The molecule has 0 aliphatic heterocycles. The number of rotatable bonds is 6.